The summed E-state index contributed by atoms with van der Waals surface area (Å²) < 4.78 is 10.8. The van der Waals surface area contributed by atoms with Crippen molar-refractivity contribution in [3.8, 4) is 0 Å². The minimum atomic E-state index is -0.628. The van der Waals surface area contributed by atoms with Gasteiger partial charge in [0.1, 0.15) is 12.7 Å². The Balaban J connectivity index is 3.26. The van der Waals surface area contributed by atoms with E-state index >= 15 is 0 Å². The van der Waals surface area contributed by atoms with Gasteiger partial charge in [-0.15, -0.1) is 0 Å². The van der Waals surface area contributed by atoms with Crippen LogP contribution in [0.2, 0.25) is 0 Å². The fourth-order valence-electron chi connectivity index (χ4n) is 3.43. The summed E-state index contributed by atoms with van der Waals surface area (Å²) in [5.41, 5.74) is 3.80. The van der Waals surface area contributed by atoms with Crippen LogP contribution in [0.25, 0.3) is 0 Å². The van der Waals surface area contributed by atoms with Crippen molar-refractivity contribution in [1.82, 2.24) is 0 Å². The first-order valence-electron chi connectivity index (χ1n) is 10.3. The molecule has 0 heterocycles. The highest BCUT2D eigenvalue weighted by Gasteiger charge is 2.24. The van der Waals surface area contributed by atoms with Crippen molar-refractivity contribution in [2.75, 3.05) is 6.61 Å². The molecule has 0 aromatic carbocycles. The predicted octanol–water partition coefficient (Wildman–Crippen LogP) is 4.82. The molecule has 0 aromatic rings. The minimum absolute atomic E-state index is 0.0441. The van der Waals surface area contributed by atoms with Gasteiger partial charge >= 0.3 is 11.9 Å². The summed E-state index contributed by atoms with van der Waals surface area (Å²) >= 11 is 0. The molecule has 162 valence electrons. The maximum absolute atomic E-state index is 11.8. The number of aliphatic hydroxyl groups excluding tert-OH is 1. The second-order valence-corrected chi connectivity index (χ2v) is 7.97. The van der Waals surface area contributed by atoms with Crippen LogP contribution in [0.15, 0.2) is 47.6 Å². The number of rotatable bonds is 4. The van der Waals surface area contributed by atoms with Gasteiger partial charge in [0.2, 0.25) is 0 Å². The molecular formula is C24H36O5. The molecule has 5 heteroatoms. The van der Waals surface area contributed by atoms with Crippen molar-refractivity contribution >= 4 is 11.9 Å². The number of ether oxygens (including phenoxy) is 2. The number of carbonyl (C=O) groups is 2. The van der Waals surface area contributed by atoms with Crippen molar-refractivity contribution in [3.63, 3.8) is 0 Å². The first kappa shape index (κ1) is 24.9. The highest BCUT2D eigenvalue weighted by molar-refractivity contribution is 5.66. The van der Waals surface area contributed by atoms with Crippen LogP contribution in [0, 0.1) is 5.92 Å². The Kier molecular flexibility index (Phi) is 10.7. The fraction of sp³-hybridized carbons (Fsp3) is 0.583. The fourth-order valence-corrected chi connectivity index (χ4v) is 3.43. The van der Waals surface area contributed by atoms with Crippen LogP contribution in [0.3, 0.4) is 0 Å². The van der Waals surface area contributed by atoms with E-state index in [-0.39, 0.29) is 24.5 Å². The van der Waals surface area contributed by atoms with Gasteiger partial charge in [0, 0.05) is 19.8 Å². The van der Waals surface area contributed by atoms with E-state index in [0.29, 0.717) is 12.8 Å². The average molecular weight is 405 g/mol. The van der Waals surface area contributed by atoms with Gasteiger partial charge in [0.25, 0.3) is 0 Å². The lowest BCUT2D eigenvalue weighted by Gasteiger charge is -2.27. The van der Waals surface area contributed by atoms with Crippen LogP contribution in [0.1, 0.15) is 66.2 Å². The Labute approximate surface area is 175 Å². The van der Waals surface area contributed by atoms with Crippen molar-refractivity contribution in [2.24, 2.45) is 5.92 Å². The molecule has 0 unspecified atom stereocenters. The molecular weight excluding hydrogens is 368 g/mol. The molecule has 0 spiro atoms. The first-order chi connectivity index (χ1) is 13.6. The van der Waals surface area contributed by atoms with Crippen LogP contribution in [-0.4, -0.2) is 35.9 Å². The molecule has 0 saturated heterocycles. The number of aliphatic hydroxyl groups is 1. The highest BCUT2D eigenvalue weighted by Crippen LogP contribution is 2.28. The average Bonchev–Trinajstić information content (AvgIpc) is 2.61. The third-order valence-electron chi connectivity index (χ3n) is 5.21. The molecule has 0 fully saturated rings. The van der Waals surface area contributed by atoms with E-state index in [9.17, 15) is 14.7 Å². The smallest absolute Gasteiger partial charge is 0.303 e. The van der Waals surface area contributed by atoms with Gasteiger partial charge in [-0.05, 0) is 69.6 Å². The van der Waals surface area contributed by atoms with E-state index in [2.05, 4.69) is 26.2 Å². The summed E-state index contributed by atoms with van der Waals surface area (Å²) in [5, 5.41) is 10.4. The van der Waals surface area contributed by atoms with E-state index in [1.54, 1.807) is 0 Å². The molecule has 29 heavy (non-hydrogen) atoms. The van der Waals surface area contributed by atoms with Gasteiger partial charge in [-0.25, -0.2) is 0 Å². The monoisotopic (exact) mass is 404 g/mol. The Bertz CT molecular complexity index is 671. The molecule has 1 aliphatic carbocycles. The molecule has 0 amide bonds. The molecule has 1 N–H and O–H groups in total. The molecule has 0 saturated carbocycles. The first-order valence-corrected chi connectivity index (χ1v) is 10.3. The minimum Gasteiger partial charge on any atom is -0.461 e. The van der Waals surface area contributed by atoms with Crippen molar-refractivity contribution < 1.29 is 24.2 Å². The van der Waals surface area contributed by atoms with E-state index in [4.69, 9.17) is 9.47 Å². The molecule has 1 aliphatic rings. The lowest BCUT2D eigenvalue weighted by molar-refractivity contribution is -0.146. The lowest BCUT2D eigenvalue weighted by Crippen LogP contribution is -2.26. The van der Waals surface area contributed by atoms with Crippen LogP contribution >= 0.6 is 0 Å². The van der Waals surface area contributed by atoms with Gasteiger partial charge in [-0.2, -0.15) is 0 Å². The molecule has 1 rings (SSSR count). The van der Waals surface area contributed by atoms with Crippen LogP contribution in [0.4, 0.5) is 0 Å². The van der Waals surface area contributed by atoms with Crippen molar-refractivity contribution in [1.29, 1.82) is 0 Å². The SMILES string of the molecule is C=C1CC/C=C(/C)CC[C@H](C(=C)C)[C@@H](OC(C)=O)/C=C(/COC(C)=O)CC[C@H]1O. The van der Waals surface area contributed by atoms with Crippen LogP contribution in [-0.2, 0) is 19.1 Å². The molecule has 0 radical (unpaired) electrons. The molecule has 5 nitrogen and oxygen atoms in total. The van der Waals surface area contributed by atoms with Gasteiger partial charge in [-0.1, -0.05) is 30.4 Å². The Morgan fingerprint density at radius 3 is 2.41 bits per heavy atom. The predicted molar refractivity (Wildman–Crippen MR) is 115 cm³/mol. The molecule has 3 atom stereocenters. The molecule has 0 aliphatic heterocycles. The zero-order valence-electron chi connectivity index (χ0n) is 18.3. The summed E-state index contributed by atoms with van der Waals surface area (Å²) in [4.78, 5) is 23.1. The zero-order valence-corrected chi connectivity index (χ0v) is 18.3. The van der Waals surface area contributed by atoms with Crippen molar-refractivity contribution in [2.45, 2.75) is 78.4 Å². The second kappa shape index (κ2) is 12.4. The summed E-state index contributed by atoms with van der Waals surface area (Å²) in [6.45, 7) is 15.0. The maximum Gasteiger partial charge on any atom is 0.303 e. The van der Waals surface area contributed by atoms with Gasteiger partial charge in [0.05, 0.1) is 6.10 Å². The number of hydrogen-bond donors (Lipinski definition) is 1. The largest absolute Gasteiger partial charge is 0.461 e. The van der Waals surface area contributed by atoms with E-state index in [0.717, 1.165) is 42.4 Å². The van der Waals surface area contributed by atoms with E-state index < -0.39 is 12.2 Å². The molecule has 0 aromatic heterocycles. The summed E-state index contributed by atoms with van der Waals surface area (Å²) in [7, 11) is 0. The van der Waals surface area contributed by atoms with Crippen molar-refractivity contribution in [3.05, 3.63) is 47.6 Å². The highest BCUT2D eigenvalue weighted by atomic mass is 16.5. The normalized spacial score (nSPS) is 28.2. The van der Waals surface area contributed by atoms with Crippen LogP contribution in [0.5, 0.6) is 0 Å². The quantitative estimate of drug-likeness (QED) is 0.537. The number of hydrogen-bond acceptors (Lipinski definition) is 5. The van der Waals surface area contributed by atoms with Gasteiger partial charge in [-0.3, -0.25) is 9.59 Å². The van der Waals surface area contributed by atoms with Crippen LogP contribution < -0.4 is 0 Å². The Morgan fingerprint density at radius 2 is 1.83 bits per heavy atom. The number of esters is 2. The van der Waals surface area contributed by atoms with Gasteiger partial charge in [0.15, 0.2) is 0 Å². The zero-order chi connectivity index (χ0) is 22.0. The number of carbonyl (C=O) groups excluding carboxylic acids is 2. The summed E-state index contributed by atoms with van der Waals surface area (Å²) in [6, 6.07) is 0. The maximum atomic E-state index is 11.8. The second-order valence-electron chi connectivity index (χ2n) is 7.97. The Hall–Kier alpha value is -2.14. The Morgan fingerprint density at radius 1 is 1.14 bits per heavy atom. The van der Waals surface area contributed by atoms with E-state index in [1.165, 1.54) is 19.4 Å². The third kappa shape index (κ3) is 9.75. The summed E-state index contributed by atoms with van der Waals surface area (Å²) in [5.74, 6) is -0.792. The standard InChI is InChI=1S/C24H36O5/c1-16(2)22-12-10-17(3)8-7-9-18(4)23(27)13-11-21(15-28-19(5)25)14-24(22)29-20(6)26/h8,14,22-24,27H,1,4,7,9-13,15H2,2-3,5-6H3/b17-8-,21-14+/t22-,23-,24+/m1/s1. The lowest BCUT2D eigenvalue weighted by atomic mass is 9.86. The summed E-state index contributed by atoms with van der Waals surface area (Å²) in [6.07, 6.45) is 7.15. The van der Waals surface area contributed by atoms with E-state index in [1.807, 2.05) is 13.0 Å². The third-order valence-corrected chi connectivity index (χ3v) is 5.21. The van der Waals surface area contributed by atoms with Gasteiger partial charge < -0.3 is 14.6 Å². The molecule has 0 bridgehead atoms. The topological polar surface area (TPSA) is 72.8 Å². The number of allylic oxidation sites excluding steroid dienone is 2.